The lowest BCUT2D eigenvalue weighted by Gasteiger charge is -2.17. The Morgan fingerprint density at radius 2 is 1.69 bits per heavy atom. The SMILES string of the molecule is COc1ccc(C(Cc2ccc(-c3cccc(C(F)(F)F)c3)cc2)c2csc(N)n2)cc1. The highest BCUT2D eigenvalue weighted by Gasteiger charge is 2.30. The normalized spacial score (nSPS) is 12.5. The molecule has 1 atom stereocenters. The van der Waals surface area contributed by atoms with Crippen molar-refractivity contribution in [2.75, 3.05) is 12.8 Å². The van der Waals surface area contributed by atoms with Gasteiger partial charge in [-0.2, -0.15) is 13.2 Å². The maximum atomic E-state index is 13.0. The van der Waals surface area contributed by atoms with Crippen molar-refractivity contribution in [3.8, 4) is 16.9 Å². The summed E-state index contributed by atoms with van der Waals surface area (Å²) >= 11 is 1.40. The van der Waals surface area contributed by atoms with E-state index < -0.39 is 11.7 Å². The number of hydrogen-bond acceptors (Lipinski definition) is 4. The molecule has 0 aliphatic heterocycles. The summed E-state index contributed by atoms with van der Waals surface area (Å²) < 4.78 is 44.4. The van der Waals surface area contributed by atoms with E-state index in [0.29, 0.717) is 17.1 Å². The molecule has 0 amide bonds. The zero-order chi connectivity index (χ0) is 22.7. The summed E-state index contributed by atoms with van der Waals surface area (Å²) in [6, 6.07) is 20.8. The first-order valence-corrected chi connectivity index (χ1v) is 10.8. The summed E-state index contributed by atoms with van der Waals surface area (Å²) in [5.74, 6) is 0.768. The molecular formula is C25H21F3N2OS. The van der Waals surface area contributed by atoms with Gasteiger partial charge in [0.15, 0.2) is 5.13 Å². The third-order valence-electron chi connectivity index (χ3n) is 5.33. The van der Waals surface area contributed by atoms with Gasteiger partial charge in [-0.15, -0.1) is 11.3 Å². The number of methoxy groups -OCH3 is 1. The van der Waals surface area contributed by atoms with Gasteiger partial charge in [0.2, 0.25) is 0 Å². The minimum absolute atomic E-state index is 0.00568. The van der Waals surface area contributed by atoms with Crippen LogP contribution in [0.25, 0.3) is 11.1 Å². The molecule has 1 heterocycles. The van der Waals surface area contributed by atoms with Crippen molar-refractivity contribution >= 4 is 16.5 Å². The topological polar surface area (TPSA) is 48.1 Å². The van der Waals surface area contributed by atoms with Gasteiger partial charge in [0.25, 0.3) is 0 Å². The predicted octanol–water partition coefficient (Wildman–Crippen LogP) is 6.79. The first-order chi connectivity index (χ1) is 15.3. The lowest BCUT2D eigenvalue weighted by atomic mass is 9.89. The molecule has 4 aromatic rings. The molecule has 1 aromatic heterocycles. The van der Waals surface area contributed by atoms with Gasteiger partial charge in [-0.25, -0.2) is 4.98 Å². The van der Waals surface area contributed by atoms with Crippen LogP contribution in [0.1, 0.15) is 28.3 Å². The van der Waals surface area contributed by atoms with E-state index in [4.69, 9.17) is 10.5 Å². The number of thiazole rings is 1. The maximum absolute atomic E-state index is 13.0. The number of hydrogen-bond donors (Lipinski definition) is 1. The van der Waals surface area contributed by atoms with Gasteiger partial charge in [0, 0.05) is 11.3 Å². The molecule has 4 rings (SSSR count). The fourth-order valence-electron chi connectivity index (χ4n) is 3.63. The second-order valence-corrected chi connectivity index (χ2v) is 8.31. The molecule has 0 bridgehead atoms. The fraction of sp³-hybridized carbons (Fsp3) is 0.160. The number of nitrogen functional groups attached to an aromatic ring is 1. The Morgan fingerprint density at radius 1 is 0.969 bits per heavy atom. The summed E-state index contributed by atoms with van der Waals surface area (Å²) in [5.41, 5.74) is 9.50. The Balaban J connectivity index is 1.60. The Hall–Kier alpha value is -3.32. The van der Waals surface area contributed by atoms with Crippen LogP contribution in [0.2, 0.25) is 0 Å². The third-order valence-corrected chi connectivity index (χ3v) is 6.02. The van der Waals surface area contributed by atoms with Crippen molar-refractivity contribution in [3.63, 3.8) is 0 Å². The van der Waals surface area contributed by atoms with Gasteiger partial charge in [0.1, 0.15) is 5.75 Å². The number of anilines is 1. The number of benzene rings is 3. The van der Waals surface area contributed by atoms with Crippen molar-refractivity contribution in [3.05, 3.63) is 101 Å². The predicted molar refractivity (Wildman–Crippen MR) is 122 cm³/mol. The van der Waals surface area contributed by atoms with Crippen molar-refractivity contribution < 1.29 is 17.9 Å². The number of nitrogens with zero attached hydrogens (tertiary/aromatic N) is 1. The molecule has 0 saturated heterocycles. The van der Waals surface area contributed by atoms with E-state index in [9.17, 15) is 13.2 Å². The molecule has 3 nitrogen and oxygen atoms in total. The van der Waals surface area contributed by atoms with Crippen LogP contribution in [0, 0.1) is 0 Å². The molecule has 7 heteroatoms. The number of aromatic nitrogens is 1. The van der Waals surface area contributed by atoms with Gasteiger partial charge in [-0.1, -0.05) is 48.5 Å². The van der Waals surface area contributed by atoms with E-state index in [1.165, 1.54) is 23.5 Å². The molecule has 3 aromatic carbocycles. The van der Waals surface area contributed by atoms with E-state index in [-0.39, 0.29) is 5.92 Å². The molecule has 1 unspecified atom stereocenters. The summed E-state index contributed by atoms with van der Waals surface area (Å²) in [5, 5.41) is 2.47. The largest absolute Gasteiger partial charge is 0.497 e. The molecule has 0 spiro atoms. The Labute approximate surface area is 188 Å². The second-order valence-electron chi connectivity index (χ2n) is 7.42. The maximum Gasteiger partial charge on any atom is 0.416 e. The lowest BCUT2D eigenvalue weighted by molar-refractivity contribution is -0.137. The highest BCUT2D eigenvalue weighted by atomic mass is 32.1. The van der Waals surface area contributed by atoms with Crippen LogP contribution in [0.3, 0.4) is 0 Å². The smallest absolute Gasteiger partial charge is 0.416 e. The molecule has 164 valence electrons. The molecule has 2 N–H and O–H groups in total. The minimum Gasteiger partial charge on any atom is -0.497 e. The fourth-order valence-corrected chi connectivity index (χ4v) is 4.25. The van der Waals surface area contributed by atoms with E-state index in [1.54, 1.807) is 13.2 Å². The average Bonchev–Trinajstić information content (AvgIpc) is 3.23. The number of alkyl halides is 3. The summed E-state index contributed by atoms with van der Waals surface area (Å²) in [6.07, 6.45) is -3.69. The number of halogens is 3. The zero-order valence-electron chi connectivity index (χ0n) is 17.3. The van der Waals surface area contributed by atoms with Gasteiger partial charge in [0.05, 0.1) is 18.4 Å². The molecule has 0 saturated carbocycles. The monoisotopic (exact) mass is 454 g/mol. The van der Waals surface area contributed by atoms with Crippen LogP contribution in [-0.2, 0) is 12.6 Å². The standard InChI is InChI=1S/C25H21F3N2OS/c1-31-21-11-9-18(10-12-21)22(23-15-32-24(29)30-23)13-16-5-7-17(8-6-16)19-3-2-4-20(14-19)25(26,27)28/h2-12,14-15,22H,13H2,1H3,(H2,29,30). The van der Waals surface area contributed by atoms with Crippen molar-refractivity contribution in [2.45, 2.75) is 18.5 Å². The van der Waals surface area contributed by atoms with Crippen LogP contribution < -0.4 is 10.5 Å². The zero-order valence-corrected chi connectivity index (χ0v) is 18.1. The molecule has 0 aliphatic carbocycles. The quantitative estimate of drug-likeness (QED) is 0.349. The van der Waals surface area contributed by atoms with Crippen LogP contribution >= 0.6 is 11.3 Å². The molecule has 0 aliphatic rings. The van der Waals surface area contributed by atoms with Crippen LogP contribution in [0.4, 0.5) is 18.3 Å². The van der Waals surface area contributed by atoms with Crippen LogP contribution in [0.5, 0.6) is 5.75 Å². The van der Waals surface area contributed by atoms with Crippen molar-refractivity contribution in [1.29, 1.82) is 0 Å². The third kappa shape index (κ3) is 4.94. The van der Waals surface area contributed by atoms with E-state index in [2.05, 4.69) is 4.98 Å². The lowest BCUT2D eigenvalue weighted by Crippen LogP contribution is -2.06. The first-order valence-electron chi connectivity index (χ1n) is 9.95. The van der Waals surface area contributed by atoms with Crippen LogP contribution in [-0.4, -0.2) is 12.1 Å². The van der Waals surface area contributed by atoms with Gasteiger partial charge >= 0.3 is 6.18 Å². The summed E-state index contributed by atoms with van der Waals surface area (Å²) in [6.45, 7) is 0. The Kier molecular flexibility index (Phi) is 6.19. The molecular weight excluding hydrogens is 433 g/mol. The van der Waals surface area contributed by atoms with Gasteiger partial charge < -0.3 is 10.5 Å². The van der Waals surface area contributed by atoms with Crippen LogP contribution in [0.15, 0.2) is 78.2 Å². The Bertz CT molecular complexity index is 1190. The van der Waals surface area contributed by atoms with E-state index in [0.717, 1.165) is 34.2 Å². The van der Waals surface area contributed by atoms with E-state index >= 15 is 0 Å². The molecule has 0 fully saturated rings. The Morgan fingerprint density at radius 3 is 2.28 bits per heavy atom. The highest BCUT2D eigenvalue weighted by molar-refractivity contribution is 7.13. The number of rotatable bonds is 6. The minimum atomic E-state index is -4.36. The van der Waals surface area contributed by atoms with E-state index in [1.807, 2.05) is 53.9 Å². The summed E-state index contributed by atoms with van der Waals surface area (Å²) in [7, 11) is 1.62. The average molecular weight is 455 g/mol. The van der Waals surface area contributed by atoms with Crippen molar-refractivity contribution in [2.24, 2.45) is 0 Å². The second kappa shape index (κ2) is 9.04. The molecule has 0 radical (unpaired) electrons. The van der Waals surface area contributed by atoms with Gasteiger partial charge in [-0.3, -0.25) is 0 Å². The highest BCUT2D eigenvalue weighted by Crippen LogP contribution is 2.34. The number of ether oxygens (including phenoxy) is 1. The molecule has 32 heavy (non-hydrogen) atoms. The summed E-state index contributed by atoms with van der Waals surface area (Å²) in [4.78, 5) is 4.48. The number of nitrogens with two attached hydrogens (primary N) is 1. The van der Waals surface area contributed by atoms with Gasteiger partial charge in [-0.05, 0) is 52.9 Å². The first kappa shape index (κ1) is 21.9. The van der Waals surface area contributed by atoms with Crippen molar-refractivity contribution in [1.82, 2.24) is 4.98 Å².